The van der Waals surface area contributed by atoms with E-state index in [0.29, 0.717) is 0 Å². The highest BCUT2D eigenvalue weighted by Gasteiger charge is 2.46. The van der Waals surface area contributed by atoms with Crippen molar-refractivity contribution in [3.63, 3.8) is 0 Å². The summed E-state index contributed by atoms with van der Waals surface area (Å²) in [7, 11) is -3.45. The number of ether oxygens (including phenoxy) is 2. The summed E-state index contributed by atoms with van der Waals surface area (Å²) in [6.07, 6.45) is 9.73. The fraction of sp³-hybridized carbons (Fsp3) is 0.964. The van der Waals surface area contributed by atoms with Crippen molar-refractivity contribution < 1.29 is 53.2 Å². The molecule has 1 unspecified atom stereocenters. The molecule has 0 aromatic rings. The van der Waals surface area contributed by atoms with Crippen LogP contribution >= 0.6 is 7.82 Å². The number of methoxy groups -OCH3 is 1. The Bertz CT molecular complexity index is 695. The van der Waals surface area contributed by atoms with Crippen molar-refractivity contribution in [3.05, 3.63) is 0 Å². The van der Waals surface area contributed by atoms with Gasteiger partial charge in [0.05, 0.1) is 18.8 Å². The van der Waals surface area contributed by atoms with Crippen molar-refractivity contribution >= 4 is 13.8 Å². The Hall–Kier alpha value is -0.620. The molecule has 7 atom stereocenters. The Morgan fingerprint density at radius 3 is 1.77 bits per heavy atom. The summed E-state index contributed by atoms with van der Waals surface area (Å²) in [5.41, 5.74) is 0. The molecule has 0 aliphatic heterocycles. The Morgan fingerprint density at radius 2 is 1.27 bits per heavy atom. The van der Waals surface area contributed by atoms with Crippen molar-refractivity contribution in [1.29, 1.82) is 0 Å². The molecule has 12 heteroatoms. The molecule has 40 heavy (non-hydrogen) atoms. The molecule has 0 aromatic carbocycles. The summed E-state index contributed by atoms with van der Waals surface area (Å²) in [6.45, 7) is 1.60. The van der Waals surface area contributed by atoms with Gasteiger partial charge in [0, 0.05) is 20.0 Å². The van der Waals surface area contributed by atoms with Crippen LogP contribution in [0.1, 0.15) is 116 Å². The standard InChI is InChI=1S/C28H55O11P/c1-3-4-5-6-7-8-9-10-11-12-13-14-15-16-17-18-25(31)37-20-22(36-2)21-38-40(34,35)39-28-24(30)19-23(29)26(32)27(28)33/h22-24,26-30,32-33H,3-21H2,1-2H3,(H,34,35)/t22-,23-,24-,26+,27-,28-/m1/s1. The number of carbonyl (C=O) groups excluding carboxylic acids is 1. The van der Waals surface area contributed by atoms with Gasteiger partial charge >= 0.3 is 13.8 Å². The molecule has 0 bridgehead atoms. The van der Waals surface area contributed by atoms with Gasteiger partial charge in [0.15, 0.2) is 0 Å². The number of esters is 1. The number of unbranched alkanes of at least 4 members (excludes halogenated alkanes) is 14. The van der Waals surface area contributed by atoms with Crippen LogP contribution in [0.2, 0.25) is 0 Å². The third-order valence-corrected chi connectivity index (χ3v) is 8.35. The molecule has 238 valence electrons. The molecule has 0 amide bonds. The third kappa shape index (κ3) is 16.7. The lowest BCUT2D eigenvalue weighted by atomic mass is 9.87. The lowest BCUT2D eigenvalue weighted by Crippen LogP contribution is -2.56. The van der Waals surface area contributed by atoms with Crippen LogP contribution in [-0.4, -0.2) is 88.2 Å². The molecular formula is C28H55O11P. The van der Waals surface area contributed by atoms with Crippen LogP contribution in [0.5, 0.6) is 0 Å². The van der Waals surface area contributed by atoms with Gasteiger partial charge in [-0.1, -0.05) is 96.8 Å². The van der Waals surface area contributed by atoms with Crippen LogP contribution in [0.15, 0.2) is 0 Å². The van der Waals surface area contributed by atoms with Gasteiger partial charge in [-0.15, -0.1) is 0 Å². The average Bonchev–Trinajstić information content (AvgIpc) is 2.92. The number of hydrogen-bond acceptors (Lipinski definition) is 10. The van der Waals surface area contributed by atoms with Gasteiger partial charge in [0.2, 0.25) is 0 Å². The zero-order valence-corrected chi connectivity index (χ0v) is 25.4. The Balaban J connectivity index is 2.08. The lowest BCUT2D eigenvalue weighted by Gasteiger charge is -2.38. The van der Waals surface area contributed by atoms with Crippen molar-refractivity contribution in [2.45, 2.75) is 153 Å². The first kappa shape index (κ1) is 37.4. The predicted octanol–water partition coefficient (Wildman–Crippen LogP) is 4.16. The minimum absolute atomic E-state index is 0.187. The molecule has 0 saturated heterocycles. The normalized spacial score (nSPS) is 25.4. The van der Waals surface area contributed by atoms with Gasteiger partial charge in [-0.05, 0) is 6.42 Å². The third-order valence-electron chi connectivity index (χ3n) is 7.37. The van der Waals surface area contributed by atoms with Gasteiger partial charge in [0.25, 0.3) is 0 Å². The van der Waals surface area contributed by atoms with Crippen LogP contribution in [0.3, 0.4) is 0 Å². The summed E-state index contributed by atoms with van der Waals surface area (Å²) in [4.78, 5) is 22.0. The molecule has 5 N–H and O–H groups in total. The summed E-state index contributed by atoms with van der Waals surface area (Å²) in [5, 5.41) is 39.2. The van der Waals surface area contributed by atoms with Crippen LogP contribution in [0.25, 0.3) is 0 Å². The topological polar surface area (TPSA) is 172 Å². The molecular weight excluding hydrogens is 543 g/mol. The van der Waals surface area contributed by atoms with E-state index in [1.54, 1.807) is 0 Å². The van der Waals surface area contributed by atoms with Crippen molar-refractivity contribution in [2.75, 3.05) is 20.3 Å². The number of hydrogen-bond donors (Lipinski definition) is 5. The molecule has 0 radical (unpaired) electrons. The van der Waals surface area contributed by atoms with Crippen molar-refractivity contribution in [3.8, 4) is 0 Å². The average molecular weight is 599 g/mol. The van der Waals surface area contributed by atoms with Crippen molar-refractivity contribution in [1.82, 2.24) is 0 Å². The number of carbonyl (C=O) groups is 1. The number of aliphatic hydroxyl groups excluding tert-OH is 4. The predicted molar refractivity (Wildman–Crippen MR) is 151 cm³/mol. The molecule has 1 aliphatic carbocycles. The second kappa shape index (κ2) is 22.0. The highest BCUT2D eigenvalue weighted by molar-refractivity contribution is 7.47. The number of phosphoric acid groups is 1. The molecule has 1 rings (SSSR count). The zero-order valence-electron chi connectivity index (χ0n) is 24.5. The van der Waals surface area contributed by atoms with Gasteiger partial charge < -0.3 is 34.8 Å². The molecule has 11 nitrogen and oxygen atoms in total. The van der Waals surface area contributed by atoms with E-state index < -0.39 is 51.1 Å². The minimum atomic E-state index is -4.78. The SMILES string of the molecule is CCCCCCCCCCCCCCCCCC(=O)OC[C@H](COP(=O)(O)O[C@H]1[C@H](O)[C@@H](O)[C@H](O)C[C@H]1O)OC. The van der Waals surface area contributed by atoms with Crippen LogP contribution in [0, 0.1) is 0 Å². The van der Waals surface area contributed by atoms with Crippen LogP contribution < -0.4 is 0 Å². The maximum Gasteiger partial charge on any atom is 0.472 e. The quantitative estimate of drug-likeness (QED) is 0.0614. The maximum absolute atomic E-state index is 12.3. The summed E-state index contributed by atoms with van der Waals surface area (Å²) in [5.74, 6) is -0.388. The van der Waals surface area contributed by atoms with E-state index in [1.165, 1.54) is 84.2 Å². The van der Waals surface area contributed by atoms with Gasteiger partial charge in [-0.3, -0.25) is 13.8 Å². The molecule has 1 saturated carbocycles. The highest BCUT2D eigenvalue weighted by atomic mass is 31.2. The molecule has 0 spiro atoms. The molecule has 1 fully saturated rings. The Kier molecular flexibility index (Phi) is 20.6. The molecule has 1 aliphatic rings. The first-order valence-electron chi connectivity index (χ1n) is 15.2. The number of aliphatic hydroxyl groups is 4. The largest absolute Gasteiger partial charge is 0.472 e. The molecule has 0 heterocycles. The number of phosphoric ester groups is 1. The Morgan fingerprint density at radius 1 is 0.775 bits per heavy atom. The lowest BCUT2D eigenvalue weighted by molar-refractivity contribution is -0.173. The zero-order chi connectivity index (χ0) is 29.8. The first-order valence-corrected chi connectivity index (χ1v) is 16.7. The van der Waals surface area contributed by atoms with E-state index >= 15 is 0 Å². The summed E-state index contributed by atoms with van der Waals surface area (Å²) >= 11 is 0. The van der Waals surface area contributed by atoms with E-state index in [4.69, 9.17) is 18.5 Å². The second-order valence-corrected chi connectivity index (χ2v) is 12.3. The van der Waals surface area contributed by atoms with E-state index in [0.717, 1.165) is 19.3 Å². The van der Waals surface area contributed by atoms with Gasteiger partial charge in [-0.25, -0.2) is 4.57 Å². The summed E-state index contributed by atoms with van der Waals surface area (Å²) in [6, 6.07) is 0. The van der Waals surface area contributed by atoms with Gasteiger partial charge in [-0.2, -0.15) is 0 Å². The van der Waals surface area contributed by atoms with Crippen LogP contribution in [-0.2, 0) is 27.9 Å². The number of rotatable bonds is 24. The second-order valence-electron chi connectivity index (χ2n) is 10.9. The summed E-state index contributed by atoms with van der Waals surface area (Å²) < 4.78 is 32.3. The van der Waals surface area contributed by atoms with E-state index in [9.17, 15) is 34.7 Å². The first-order chi connectivity index (χ1) is 19.1. The maximum atomic E-state index is 12.3. The van der Waals surface area contributed by atoms with E-state index in [-0.39, 0.29) is 25.4 Å². The van der Waals surface area contributed by atoms with Gasteiger partial charge in [0.1, 0.15) is 31.0 Å². The van der Waals surface area contributed by atoms with E-state index in [1.807, 2.05) is 0 Å². The molecule has 0 aromatic heterocycles. The fourth-order valence-electron chi connectivity index (χ4n) is 4.75. The van der Waals surface area contributed by atoms with Crippen LogP contribution in [0.4, 0.5) is 0 Å². The Labute approximate surface area is 240 Å². The smallest absolute Gasteiger partial charge is 0.463 e. The van der Waals surface area contributed by atoms with E-state index in [2.05, 4.69) is 6.92 Å². The fourth-order valence-corrected chi connectivity index (χ4v) is 5.74. The monoisotopic (exact) mass is 598 g/mol. The minimum Gasteiger partial charge on any atom is -0.463 e. The van der Waals surface area contributed by atoms with Crippen molar-refractivity contribution in [2.24, 2.45) is 0 Å². The highest BCUT2D eigenvalue weighted by Crippen LogP contribution is 2.47.